The minimum absolute atomic E-state index is 0.00596. The Kier molecular flexibility index (Phi) is 5.79. The van der Waals surface area contributed by atoms with E-state index in [4.69, 9.17) is 15.2 Å². The molecule has 0 aliphatic carbocycles. The second-order valence-corrected chi connectivity index (χ2v) is 10.8. The van der Waals surface area contributed by atoms with Gasteiger partial charge in [0.15, 0.2) is 5.76 Å². The van der Waals surface area contributed by atoms with Crippen LogP contribution in [0.3, 0.4) is 0 Å². The minimum atomic E-state index is -4.13. The molecular formula is C26H20BrN3O4S. The lowest BCUT2D eigenvalue weighted by molar-refractivity contribution is 0.357. The van der Waals surface area contributed by atoms with E-state index >= 15 is 0 Å². The molecule has 1 atom stereocenters. The van der Waals surface area contributed by atoms with E-state index in [0.717, 1.165) is 10.0 Å². The fourth-order valence-corrected chi connectivity index (χ4v) is 6.72. The smallest absolute Gasteiger partial charge is 0.265 e. The van der Waals surface area contributed by atoms with Crippen LogP contribution < -0.4 is 14.8 Å². The number of rotatable bonds is 4. The summed E-state index contributed by atoms with van der Waals surface area (Å²) in [6.45, 7) is 0.0897. The SMILES string of the molecule is COc1ccc(CN2c3ccccc3C3=C([C@H](c4cccc(Br)c4)C(C#N)=C(N)O3)S2(=O)=O)cc1. The number of sulfonamides is 1. The third kappa shape index (κ3) is 3.85. The maximum atomic E-state index is 14.3. The molecule has 2 N–H and O–H groups in total. The van der Waals surface area contributed by atoms with Gasteiger partial charge in [-0.25, -0.2) is 8.42 Å². The maximum absolute atomic E-state index is 14.3. The number of benzene rings is 3. The van der Waals surface area contributed by atoms with E-state index in [1.807, 2.05) is 24.3 Å². The molecule has 35 heavy (non-hydrogen) atoms. The first-order valence-electron chi connectivity index (χ1n) is 10.7. The predicted molar refractivity (Wildman–Crippen MR) is 136 cm³/mol. The average Bonchev–Trinajstić information content (AvgIpc) is 2.86. The first kappa shape index (κ1) is 23.0. The third-order valence-electron chi connectivity index (χ3n) is 6.03. The Hall–Kier alpha value is -3.74. The van der Waals surface area contributed by atoms with Gasteiger partial charge in [0, 0.05) is 10.0 Å². The van der Waals surface area contributed by atoms with Crippen LogP contribution in [0.2, 0.25) is 0 Å². The van der Waals surface area contributed by atoms with Crippen LogP contribution in [-0.4, -0.2) is 15.5 Å². The van der Waals surface area contributed by atoms with Crippen molar-refractivity contribution in [3.63, 3.8) is 0 Å². The Morgan fingerprint density at radius 2 is 1.86 bits per heavy atom. The van der Waals surface area contributed by atoms with Crippen molar-refractivity contribution in [2.24, 2.45) is 5.73 Å². The van der Waals surface area contributed by atoms with Gasteiger partial charge in [-0.2, -0.15) is 5.26 Å². The molecule has 2 aliphatic rings. The molecule has 0 aromatic heterocycles. The molecule has 5 rings (SSSR count). The Bertz CT molecular complexity index is 1540. The Morgan fingerprint density at radius 3 is 2.54 bits per heavy atom. The largest absolute Gasteiger partial charge is 0.497 e. The van der Waals surface area contributed by atoms with E-state index in [1.165, 1.54) is 4.31 Å². The highest BCUT2D eigenvalue weighted by molar-refractivity contribution is 9.10. The van der Waals surface area contributed by atoms with Crippen LogP contribution in [0.25, 0.3) is 5.76 Å². The van der Waals surface area contributed by atoms with Gasteiger partial charge in [0.25, 0.3) is 10.0 Å². The monoisotopic (exact) mass is 549 g/mol. The summed E-state index contributed by atoms with van der Waals surface area (Å²) in [6, 6.07) is 23.6. The number of nitrogens with two attached hydrogens (primary N) is 1. The van der Waals surface area contributed by atoms with Crippen molar-refractivity contribution < 1.29 is 17.9 Å². The van der Waals surface area contributed by atoms with Crippen LogP contribution in [0.15, 0.2) is 93.6 Å². The number of nitriles is 1. The zero-order chi connectivity index (χ0) is 24.7. The van der Waals surface area contributed by atoms with Crippen molar-refractivity contribution in [3.8, 4) is 11.8 Å². The lowest BCUT2D eigenvalue weighted by Gasteiger charge is -2.38. The number of nitrogens with zero attached hydrogens (tertiary/aromatic N) is 2. The number of fused-ring (bicyclic) bond motifs is 2. The predicted octanol–water partition coefficient (Wildman–Crippen LogP) is 4.98. The Morgan fingerprint density at radius 1 is 1.11 bits per heavy atom. The second kappa shape index (κ2) is 8.80. The molecule has 0 amide bonds. The summed E-state index contributed by atoms with van der Waals surface area (Å²) in [7, 11) is -2.55. The van der Waals surface area contributed by atoms with Crippen molar-refractivity contribution in [1.29, 1.82) is 5.26 Å². The molecule has 0 fully saturated rings. The van der Waals surface area contributed by atoms with Gasteiger partial charge in [-0.3, -0.25) is 4.31 Å². The number of anilines is 1. The van der Waals surface area contributed by atoms with Crippen LogP contribution in [0, 0.1) is 11.3 Å². The molecule has 2 heterocycles. The molecule has 7 nitrogen and oxygen atoms in total. The van der Waals surface area contributed by atoms with E-state index in [0.29, 0.717) is 22.6 Å². The fraction of sp³-hybridized carbons (Fsp3) is 0.115. The van der Waals surface area contributed by atoms with Gasteiger partial charge in [0.2, 0.25) is 5.88 Å². The summed E-state index contributed by atoms with van der Waals surface area (Å²) in [5.41, 5.74) is 8.67. The summed E-state index contributed by atoms with van der Waals surface area (Å²) in [5.74, 6) is -0.203. The van der Waals surface area contributed by atoms with E-state index in [-0.39, 0.29) is 28.7 Å². The zero-order valence-electron chi connectivity index (χ0n) is 18.6. The molecule has 9 heteroatoms. The first-order chi connectivity index (χ1) is 16.8. The summed E-state index contributed by atoms with van der Waals surface area (Å²) >= 11 is 3.45. The van der Waals surface area contributed by atoms with Gasteiger partial charge >= 0.3 is 0 Å². The highest BCUT2D eigenvalue weighted by Crippen LogP contribution is 2.51. The molecule has 3 aromatic rings. The van der Waals surface area contributed by atoms with Crippen LogP contribution in [0.1, 0.15) is 22.6 Å². The van der Waals surface area contributed by atoms with Gasteiger partial charge in [-0.1, -0.05) is 52.3 Å². The van der Waals surface area contributed by atoms with Crippen LogP contribution >= 0.6 is 15.9 Å². The standard InChI is InChI=1S/C26H20BrN3O4S/c1-33-19-11-9-16(10-12-19)15-30-22-8-3-2-7-20(22)24-25(35(30,31)32)23(21(14-28)26(29)34-24)17-5-4-6-18(27)13-17/h2-13,23H,15,29H2,1H3/t23-/m1/s1. The van der Waals surface area contributed by atoms with E-state index in [9.17, 15) is 13.7 Å². The van der Waals surface area contributed by atoms with Gasteiger partial charge in [-0.15, -0.1) is 0 Å². The highest BCUT2D eigenvalue weighted by atomic mass is 79.9. The van der Waals surface area contributed by atoms with Gasteiger partial charge in [0.1, 0.15) is 22.3 Å². The summed E-state index contributed by atoms with van der Waals surface area (Å²) in [4.78, 5) is -0.00596. The summed E-state index contributed by atoms with van der Waals surface area (Å²) in [5, 5.41) is 9.95. The van der Waals surface area contributed by atoms with Crippen LogP contribution in [-0.2, 0) is 21.3 Å². The average molecular weight is 550 g/mol. The number of allylic oxidation sites excluding steroid dienone is 2. The topological polar surface area (TPSA) is 106 Å². The quantitative estimate of drug-likeness (QED) is 0.491. The lowest BCUT2D eigenvalue weighted by Crippen LogP contribution is -2.39. The van der Waals surface area contributed by atoms with E-state index < -0.39 is 15.9 Å². The second-order valence-electron chi connectivity index (χ2n) is 8.05. The van der Waals surface area contributed by atoms with Crippen molar-refractivity contribution in [2.75, 3.05) is 11.4 Å². The molecule has 3 aromatic carbocycles. The summed E-state index contributed by atoms with van der Waals surface area (Å²) < 4.78 is 41.7. The minimum Gasteiger partial charge on any atom is -0.497 e. The van der Waals surface area contributed by atoms with Crippen molar-refractivity contribution >= 4 is 37.4 Å². The molecule has 0 radical (unpaired) electrons. The molecular weight excluding hydrogens is 530 g/mol. The van der Waals surface area contributed by atoms with Crippen molar-refractivity contribution in [3.05, 3.63) is 110 Å². The number of ether oxygens (including phenoxy) is 2. The summed E-state index contributed by atoms with van der Waals surface area (Å²) in [6.07, 6.45) is 0. The molecule has 0 unspecified atom stereocenters. The number of hydrogen-bond acceptors (Lipinski definition) is 6. The van der Waals surface area contributed by atoms with E-state index in [2.05, 4.69) is 22.0 Å². The normalized spacial score (nSPS) is 18.3. The van der Waals surface area contributed by atoms with Crippen LogP contribution in [0.5, 0.6) is 5.75 Å². The molecule has 0 saturated heterocycles. The first-order valence-corrected chi connectivity index (χ1v) is 12.9. The number of halogens is 1. The van der Waals surface area contributed by atoms with E-state index in [1.54, 1.807) is 55.6 Å². The lowest BCUT2D eigenvalue weighted by atomic mass is 9.88. The molecule has 0 spiro atoms. The zero-order valence-corrected chi connectivity index (χ0v) is 21.0. The maximum Gasteiger partial charge on any atom is 0.265 e. The Labute approximate surface area is 211 Å². The highest BCUT2D eigenvalue weighted by Gasteiger charge is 2.47. The molecule has 0 saturated carbocycles. The number of para-hydroxylation sites is 1. The van der Waals surface area contributed by atoms with Gasteiger partial charge < -0.3 is 15.2 Å². The molecule has 0 bridgehead atoms. The number of hydrogen-bond donors (Lipinski definition) is 1. The van der Waals surface area contributed by atoms with Crippen molar-refractivity contribution in [1.82, 2.24) is 0 Å². The van der Waals surface area contributed by atoms with Crippen molar-refractivity contribution in [2.45, 2.75) is 12.5 Å². The van der Waals surface area contributed by atoms with Gasteiger partial charge in [-0.05, 0) is 47.5 Å². The van der Waals surface area contributed by atoms with Crippen LogP contribution in [0.4, 0.5) is 5.69 Å². The third-order valence-corrected chi connectivity index (χ3v) is 8.40. The Balaban J connectivity index is 1.73. The molecule has 176 valence electrons. The molecule has 2 aliphatic heterocycles. The van der Waals surface area contributed by atoms with Gasteiger partial charge in [0.05, 0.1) is 25.3 Å². The fourth-order valence-electron chi connectivity index (χ4n) is 4.40. The number of methoxy groups -OCH3 is 1.